The van der Waals surface area contributed by atoms with Crippen molar-refractivity contribution in [3.8, 4) is 0 Å². The van der Waals surface area contributed by atoms with E-state index in [1.54, 1.807) is 0 Å². The van der Waals surface area contributed by atoms with Crippen molar-refractivity contribution in [1.29, 1.82) is 0 Å². The van der Waals surface area contributed by atoms with Gasteiger partial charge >= 0.3 is 0 Å². The lowest BCUT2D eigenvalue weighted by Crippen LogP contribution is -1.70. The molecule has 0 fully saturated rings. The van der Waals surface area contributed by atoms with E-state index in [2.05, 4.69) is 49.7 Å². The van der Waals surface area contributed by atoms with Gasteiger partial charge < -0.3 is 4.79 Å². The Labute approximate surface area is 93.1 Å². The second-order valence-electron chi connectivity index (χ2n) is 2.15. The summed E-state index contributed by atoms with van der Waals surface area (Å²) in [6.07, 6.45) is 1.47. The van der Waals surface area contributed by atoms with Gasteiger partial charge in [0.05, 0.1) is 0 Å². The first-order valence-corrected chi connectivity index (χ1v) is 5.24. The predicted molar refractivity (Wildman–Crippen MR) is 66.2 cm³/mol. The summed E-state index contributed by atoms with van der Waals surface area (Å²) in [6.45, 7) is 10.2. The van der Waals surface area contributed by atoms with Crippen molar-refractivity contribution in [2.24, 2.45) is 0 Å². The molecule has 0 aliphatic heterocycles. The van der Waals surface area contributed by atoms with E-state index in [4.69, 9.17) is 4.79 Å². The number of rotatable bonds is 0. The summed E-state index contributed by atoms with van der Waals surface area (Å²) in [5.74, 6) is 0. The highest BCUT2D eigenvalue weighted by molar-refractivity contribution is 6.15. The van der Waals surface area contributed by atoms with Gasteiger partial charge in [-0.1, -0.05) is 49.2 Å². The van der Waals surface area contributed by atoms with E-state index in [-0.39, 0.29) is 0 Å². The van der Waals surface area contributed by atoms with Gasteiger partial charge in [-0.3, -0.25) is 0 Å². The molecule has 0 aliphatic rings. The van der Waals surface area contributed by atoms with Crippen molar-refractivity contribution in [3.63, 3.8) is 0 Å². The average molecular weight is 217 g/mol. The Morgan fingerprint density at radius 1 is 0.857 bits per heavy atom. The number of carbonyl (C=O) groups is 1. The molecular weight excluding hydrogens is 196 g/mol. The molecule has 0 atom stereocenters. The van der Waals surface area contributed by atoms with E-state index in [9.17, 15) is 0 Å². The summed E-state index contributed by atoms with van der Waals surface area (Å²) >= 11 is 4.64. The normalized spacial score (nSPS) is 6.43. The molecule has 14 heavy (non-hydrogen) atoms. The zero-order chi connectivity index (χ0) is 12.0. The Bertz CT molecular complexity index is 161. The topological polar surface area (TPSA) is 17.1 Å². The Balaban J connectivity index is -0.000000174. The van der Waals surface area contributed by atoms with Crippen LogP contribution in [0, 0.1) is 13.8 Å². The van der Waals surface area contributed by atoms with Crippen molar-refractivity contribution in [3.05, 3.63) is 35.4 Å². The zero-order valence-corrected chi connectivity index (χ0v) is 10.6. The summed E-state index contributed by atoms with van der Waals surface area (Å²) in [5, 5.41) is 0. The SMILES string of the molecule is C=O.CC.CCl.Cc1ccc(C)cc1. The second-order valence-corrected chi connectivity index (χ2v) is 2.15. The number of carbonyl (C=O) groups excluding carboxylic acids is 1. The smallest absolute Gasteiger partial charge is 0.106 e. The summed E-state index contributed by atoms with van der Waals surface area (Å²) < 4.78 is 0. The Morgan fingerprint density at radius 2 is 1.00 bits per heavy atom. The Morgan fingerprint density at radius 3 is 1.14 bits per heavy atom. The molecule has 82 valence electrons. The van der Waals surface area contributed by atoms with Gasteiger partial charge in [0.15, 0.2) is 0 Å². The molecule has 0 saturated heterocycles. The van der Waals surface area contributed by atoms with Crippen LogP contribution in [0.1, 0.15) is 25.0 Å². The van der Waals surface area contributed by atoms with E-state index < -0.39 is 0 Å². The summed E-state index contributed by atoms with van der Waals surface area (Å²) in [5.41, 5.74) is 2.66. The van der Waals surface area contributed by atoms with Crippen molar-refractivity contribution in [2.75, 3.05) is 6.38 Å². The van der Waals surface area contributed by atoms with Crippen LogP contribution in [-0.2, 0) is 4.79 Å². The fourth-order valence-electron chi connectivity index (χ4n) is 0.637. The third-order valence-corrected chi connectivity index (χ3v) is 1.22. The first-order chi connectivity index (χ1) is 6.79. The van der Waals surface area contributed by atoms with Gasteiger partial charge in [0, 0.05) is 6.38 Å². The highest BCUT2D eigenvalue weighted by atomic mass is 35.5. The quantitative estimate of drug-likeness (QED) is 0.600. The number of hydrogen-bond acceptors (Lipinski definition) is 1. The van der Waals surface area contributed by atoms with Gasteiger partial charge in [0.25, 0.3) is 0 Å². The van der Waals surface area contributed by atoms with Crippen LogP contribution in [0.5, 0.6) is 0 Å². The van der Waals surface area contributed by atoms with E-state index in [0.29, 0.717) is 0 Å². The number of aryl methyl sites for hydroxylation is 2. The molecule has 0 bridgehead atoms. The number of benzene rings is 1. The maximum Gasteiger partial charge on any atom is 0.106 e. The average Bonchev–Trinajstić information content (AvgIpc) is 2.31. The highest BCUT2D eigenvalue weighted by Gasteiger charge is 1.79. The molecule has 1 aromatic carbocycles. The van der Waals surface area contributed by atoms with Crippen LogP contribution in [0.3, 0.4) is 0 Å². The fourth-order valence-corrected chi connectivity index (χ4v) is 0.637. The van der Waals surface area contributed by atoms with Crippen LogP contribution in [0.25, 0.3) is 0 Å². The monoisotopic (exact) mass is 216 g/mol. The van der Waals surface area contributed by atoms with Crippen molar-refractivity contribution >= 4 is 18.4 Å². The molecule has 0 N–H and O–H groups in total. The molecule has 0 saturated carbocycles. The van der Waals surface area contributed by atoms with Crippen LogP contribution >= 0.6 is 11.6 Å². The van der Waals surface area contributed by atoms with E-state index in [0.717, 1.165) is 0 Å². The summed E-state index contributed by atoms with van der Waals surface area (Å²) in [4.78, 5) is 8.00. The molecule has 0 spiro atoms. The maximum atomic E-state index is 8.00. The van der Waals surface area contributed by atoms with Gasteiger partial charge in [-0.25, -0.2) is 0 Å². The molecule has 1 aromatic rings. The predicted octanol–water partition coefficient (Wildman–Crippen LogP) is 4.00. The first-order valence-electron chi connectivity index (χ1n) is 4.49. The molecule has 0 amide bonds. The van der Waals surface area contributed by atoms with E-state index in [1.807, 2.05) is 20.6 Å². The Kier molecular flexibility index (Phi) is 24.3. The molecule has 0 aromatic heterocycles. The van der Waals surface area contributed by atoms with Gasteiger partial charge in [-0.15, -0.1) is 11.6 Å². The number of hydrogen-bond donors (Lipinski definition) is 0. The van der Waals surface area contributed by atoms with Crippen molar-refractivity contribution in [2.45, 2.75) is 27.7 Å². The third-order valence-electron chi connectivity index (χ3n) is 1.22. The zero-order valence-electron chi connectivity index (χ0n) is 9.80. The van der Waals surface area contributed by atoms with Crippen LogP contribution in [0.2, 0.25) is 0 Å². The Hall–Kier alpha value is -0.820. The van der Waals surface area contributed by atoms with Crippen LogP contribution < -0.4 is 0 Å². The van der Waals surface area contributed by atoms with Crippen molar-refractivity contribution < 1.29 is 4.79 Å². The molecule has 2 heteroatoms. The van der Waals surface area contributed by atoms with Crippen LogP contribution in [0.15, 0.2) is 24.3 Å². The number of alkyl halides is 1. The first kappa shape index (κ1) is 18.9. The molecule has 0 radical (unpaired) electrons. The number of halogens is 1. The molecular formula is C12H21ClO. The summed E-state index contributed by atoms with van der Waals surface area (Å²) in [6, 6.07) is 8.48. The molecule has 1 nitrogen and oxygen atoms in total. The fraction of sp³-hybridized carbons (Fsp3) is 0.417. The van der Waals surface area contributed by atoms with E-state index >= 15 is 0 Å². The maximum absolute atomic E-state index is 8.00. The van der Waals surface area contributed by atoms with Gasteiger partial charge in [-0.2, -0.15) is 0 Å². The molecule has 0 aliphatic carbocycles. The van der Waals surface area contributed by atoms with Gasteiger partial charge in [-0.05, 0) is 13.8 Å². The van der Waals surface area contributed by atoms with Gasteiger partial charge in [0.1, 0.15) is 6.79 Å². The highest BCUT2D eigenvalue weighted by Crippen LogP contribution is 1.99. The largest absolute Gasteiger partial charge is 0.307 e. The van der Waals surface area contributed by atoms with Crippen LogP contribution in [-0.4, -0.2) is 13.2 Å². The van der Waals surface area contributed by atoms with Gasteiger partial charge in [0.2, 0.25) is 0 Å². The van der Waals surface area contributed by atoms with Crippen LogP contribution in [0.4, 0.5) is 0 Å². The summed E-state index contributed by atoms with van der Waals surface area (Å²) in [7, 11) is 0. The van der Waals surface area contributed by atoms with Crippen molar-refractivity contribution in [1.82, 2.24) is 0 Å². The minimum absolute atomic E-state index is 1.33. The molecule has 1 rings (SSSR count). The lowest BCUT2D eigenvalue weighted by Gasteiger charge is -1.90. The molecule has 0 heterocycles. The lowest BCUT2D eigenvalue weighted by molar-refractivity contribution is -0.0979. The minimum Gasteiger partial charge on any atom is -0.307 e. The second kappa shape index (κ2) is 18.1. The molecule has 0 unspecified atom stereocenters. The standard InChI is InChI=1S/C8H10.C2H6.CH3Cl.CH2O/c1-7-3-5-8(2)6-4-7;3*1-2/h3-6H,1-2H3;1-2H3;1H3;1H2. The minimum atomic E-state index is 1.33. The third kappa shape index (κ3) is 13.7. The lowest BCUT2D eigenvalue weighted by atomic mass is 10.2. The van der Waals surface area contributed by atoms with E-state index in [1.165, 1.54) is 17.5 Å².